The van der Waals surface area contributed by atoms with Crippen molar-refractivity contribution in [2.75, 3.05) is 33.2 Å². The van der Waals surface area contributed by atoms with E-state index in [1.807, 2.05) is 6.92 Å². The summed E-state index contributed by atoms with van der Waals surface area (Å²) in [7, 11) is 0. The summed E-state index contributed by atoms with van der Waals surface area (Å²) >= 11 is 0. The number of hydrogen-bond donors (Lipinski definition) is 1. The Hall–Kier alpha value is -0.650. The molecule has 0 aliphatic heterocycles. The second-order valence-corrected chi connectivity index (χ2v) is 2.32. The van der Waals surface area contributed by atoms with E-state index >= 15 is 0 Å². The SMILES string of the molecule is CCOCCCOCOCC(=O)O. The Bertz CT molecular complexity index is 126. The summed E-state index contributed by atoms with van der Waals surface area (Å²) in [5.74, 6) is -0.988. The first-order chi connectivity index (χ1) is 6.27. The van der Waals surface area contributed by atoms with Crippen molar-refractivity contribution in [1.29, 1.82) is 0 Å². The van der Waals surface area contributed by atoms with Crippen LogP contribution in [0, 0.1) is 0 Å². The maximum Gasteiger partial charge on any atom is 0.329 e. The van der Waals surface area contributed by atoms with Crippen molar-refractivity contribution >= 4 is 5.97 Å². The molecule has 0 rings (SSSR count). The molecule has 0 saturated carbocycles. The minimum Gasteiger partial charge on any atom is -0.480 e. The zero-order valence-electron chi connectivity index (χ0n) is 7.82. The normalized spacial score (nSPS) is 10.2. The highest BCUT2D eigenvalue weighted by Gasteiger charge is 1.95. The van der Waals surface area contributed by atoms with E-state index in [0.29, 0.717) is 19.8 Å². The van der Waals surface area contributed by atoms with Crippen LogP contribution in [0.3, 0.4) is 0 Å². The van der Waals surface area contributed by atoms with Crippen molar-refractivity contribution in [1.82, 2.24) is 0 Å². The van der Waals surface area contributed by atoms with Gasteiger partial charge in [-0.05, 0) is 13.3 Å². The lowest BCUT2D eigenvalue weighted by atomic mass is 10.5. The van der Waals surface area contributed by atoms with Crippen molar-refractivity contribution in [3.63, 3.8) is 0 Å². The lowest BCUT2D eigenvalue weighted by Gasteiger charge is -2.03. The van der Waals surface area contributed by atoms with Crippen LogP contribution in [0.15, 0.2) is 0 Å². The molecule has 0 aromatic rings. The predicted molar refractivity (Wildman–Crippen MR) is 45.5 cm³/mol. The molecule has 0 unspecified atom stereocenters. The fraction of sp³-hybridized carbons (Fsp3) is 0.875. The number of aliphatic carboxylic acids is 1. The minimum atomic E-state index is -0.988. The largest absolute Gasteiger partial charge is 0.480 e. The summed E-state index contributed by atoms with van der Waals surface area (Å²) in [6.45, 7) is 3.53. The quantitative estimate of drug-likeness (QED) is 0.425. The Balaban J connectivity index is 2.87. The number of rotatable bonds is 9. The summed E-state index contributed by atoms with van der Waals surface area (Å²) in [6.07, 6.45) is 0.796. The lowest BCUT2D eigenvalue weighted by molar-refractivity contribution is -0.148. The van der Waals surface area contributed by atoms with Gasteiger partial charge >= 0.3 is 5.97 Å². The number of hydrogen-bond acceptors (Lipinski definition) is 4. The molecule has 0 aliphatic carbocycles. The Morgan fingerprint density at radius 2 is 1.92 bits per heavy atom. The zero-order chi connectivity index (χ0) is 9.94. The Morgan fingerprint density at radius 3 is 2.54 bits per heavy atom. The van der Waals surface area contributed by atoms with E-state index in [9.17, 15) is 4.79 Å². The molecule has 0 saturated heterocycles. The zero-order valence-corrected chi connectivity index (χ0v) is 7.82. The fourth-order valence-corrected chi connectivity index (χ4v) is 0.654. The maximum absolute atomic E-state index is 9.97. The van der Waals surface area contributed by atoms with Crippen molar-refractivity contribution in [3.05, 3.63) is 0 Å². The molecule has 1 N–H and O–H groups in total. The van der Waals surface area contributed by atoms with Crippen LogP contribution in [-0.4, -0.2) is 44.3 Å². The number of carboxylic acids is 1. The molecule has 0 heterocycles. The molecular weight excluding hydrogens is 176 g/mol. The van der Waals surface area contributed by atoms with Crippen LogP contribution in [0.5, 0.6) is 0 Å². The van der Waals surface area contributed by atoms with Crippen LogP contribution < -0.4 is 0 Å². The molecular formula is C8H16O5. The summed E-state index contributed by atoms with van der Waals surface area (Å²) in [6, 6.07) is 0. The van der Waals surface area contributed by atoms with Crippen LogP contribution >= 0.6 is 0 Å². The third-order valence-corrected chi connectivity index (χ3v) is 1.17. The van der Waals surface area contributed by atoms with Gasteiger partial charge in [-0.2, -0.15) is 0 Å². The molecule has 0 bridgehead atoms. The van der Waals surface area contributed by atoms with Gasteiger partial charge in [0.1, 0.15) is 13.4 Å². The van der Waals surface area contributed by atoms with E-state index < -0.39 is 5.97 Å². The third-order valence-electron chi connectivity index (χ3n) is 1.17. The predicted octanol–water partition coefficient (Wildman–Crippen LogP) is 0.488. The third kappa shape index (κ3) is 11.3. The molecule has 13 heavy (non-hydrogen) atoms. The van der Waals surface area contributed by atoms with Gasteiger partial charge in [0.25, 0.3) is 0 Å². The monoisotopic (exact) mass is 192 g/mol. The van der Waals surface area contributed by atoms with Crippen molar-refractivity contribution in [2.45, 2.75) is 13.3 Å². The first-order valence-corrected chi connectivity index (χ1v) is 4.22. The van der Waals surface area contributed by atoms with E-state index in [-0.39, 0.29) is 13.4 Å². The number of carbonyl (C=O) groups is 1. The van der Waals surface area contributed by atoms with Gasteiger partial charge in [0.15, 0.2) is 0 Å². The lowest BCUT2D eigenvalue weighted by Crippen LogP contribution is -2.10. The van der Waals surface area contributed by atoms with E-state index in [2.05, 4.69) is 4.74 Å². The van der Waals surface area contributed by atoms with Crippen LogP contribution in [0.25, 0.3) is 0 Å². The molecule has 78 valence electrons. The minimum absolute atomic E-state index is 0.0262. The topological polar surface area (TPSA) is 65.0 Å². The molecule has 0 aliphatic rings. The van der Waals surface area contributed by atoms with Crippen molar-refractivity contribution < 1.29 is 24.1 Å². The van der Waals surface area contributed by atoms with Gasteiger partial charge in [-0.25, -0.2) is 4.79 Å². The first-order valence-electron chi connectivity index (χ1n) is 4.22. The van der Waals surface area contributed by atoms with Gasteiger partial charge < -0.3 is 19.3 Å². The standard InChI is InChI=1S/C8H16O5/c1-2-11-4-3-5-12-7-13-6-8(9)10/h2-7H2,1H3,(H,9,10). The molecule has 5 nitrogen and oxygen atoms in total. The molecule has 0 aromatic heterocycles. The van der Waals surface area contributed by atoms with E-state index in [1.54, 1.807) is 0 Å². The maximum atomic E-state index is 9.97. The van der Waals surface area contributed by atoms with E-state index in [1.165, 1.54) is 0 Å². The molecule has 0 amide bonds. The Kier molecular flexibility index (Phi) is 8.97. The summed E-state index contributed by atoms with van der Waals surface area (Å²) in [4.78, 5) is 9.97. The second kappa shape index (κ2) is 9.44. The van der Waals surface area contributed by atoms with Gasteiger partial charge in [0, 0.05) is 13.2 Å². The van der Waals surface area contributed by atoms with Gasteiger partial charge in [0.05, 0.1) is 6.61 Å². The molecule has 0 atom stereocenters. The van der Waals surface area contributed by atoms with Gasteiger partial charge in [-0.1, -0.05) is 0 Å². The van der Waals surface area contributed by atoms with Crippen LogP contribution in [0.2, 0.25) is 0 Å². The second-order valence-electron chi connectivity index (χ2n) is 2.32. The van der Waals surface area contributed by atoms with E-state index in [0.717, 1.165) is 6.42 Å². The average Bonchev–Trinajstić information content (AvgIpc) is 2.09. The summed E-state index contributed by atoms with van der Waals surface area (Å²) in [5.41, 5.74) is 0. The Morgan fingerprint density at radius 1 is 1.23 bits per heavy atom. The van der Waals surface area contributed by atoms with Gasteiger partial charge in [-0.15, -0.1) is 0 Å². The summed E-state index contributed by atoms with van der Waals surface area (Å²) < 4.78 is 14.7. The highest BCUT2D eigenvalue weighted by molar-refractivity contribution is 5.67. The molecule has 0 aromatic carbocycles. The van der Waals surface area contributed by atoms with Gasteiger partial charge in [-0.3, -0.25) is 0 Å². The summed E-state index contributed by atoms with van der Waals surface area (Å²) in [5, 5.41) is 8.19. The highest BCUT2D eigenvalue weighted by atomic mass is 16.7. The smallest absolute Gasteiger partial charge is 0.329 e. The van der Waals surface area contributed by atoms with Crippen LogP contribution in [0.4, 0.5) is 0 Å². The molecule has 0 spiro atoms. The van der Waals surface area contributed by atoms with Crippen LogP contribution in [0.1, 0.15) is 13.3 Å². The average molecular weight is 192 g/mol. The number of carboxylic acid groups (broad SMARTS) is 1. The first kappa shape index (κ1) is 12.3. The van der Waals surface area contributed by atoms with Crippen molar-refractivity contribution in [2.24, 2.45) is 0 Å². The van der Waals surface area contributed by atoms with Crippen LogP contribution in [-0.2, 0) is 19.0 Å². The van der Waals surface area contributed by atoms with Gasteiger partial charge in [0.2, 0.25) is 0 Å². The highest BCUT2D eigenvalue weighted by Crippen LogP contribution is 1.85. The number of ether oxygens (including phenoxy) is 3. The van der Waals surface area contributed by atoms with Crippen molar-refractivity contribution in [3.8, 4) is 0 Å². The Labute approximate surface area is 77.6 Å². The van der Waals surface area contributed by atoms with E-state index in [4.69, 9.17) is 14.6 Å². The fourth-order valence-electron chi connectivity index (χ4n) is 0.654. The molecule has 0 radical (unpaired) electrons. The molecule has 0 fully saturated rings. The molecule has 5 heteroatoms.